The van der Waals surface area contributed by atoms with Crippen LogP contribution in [0.4, 0.5) is 8.78 Å². The van der Waals surface area contributed by atoms with Crippen molar-refractivity contribution in [2.24, 2.45) is 11.7 Å². The zero-order valence-electron chi connectivity index (χ0n) is 19.3. The predicted molar refractivity (Wildman–Crippen MR) is 136 cm³/mol. The number of nitrogens with one attached hydrogen (secondary N) is 3. The number of hydrogen-bond acceptors (Lipinski definition) is 8. The molecule has 8 nitrogen and oxygen atoms in total. The van der Waals surface area contributed by atoms with Gasteiger partial charge in [-0.2, -0.15) is 11.8 Å². The summed E-state index contributed by atoms with van der Waals surface area (Å²) in [7, 11) is 0. The number of pyridine rings is 1. The largest absolute Gasteiger partial charge is 0.503 e. The Kier molecular flexibility index (Phi) is 8.39. The number of nitrogens with zero attached hydrogens (tertiary/aromatic N) is 1. The van der Waals surface area contributed by atoms with Gasteiger partial charge in [0.2, 0.25) is 5.43 Å². The molecule has 35 heavy (non-hydrogen) atoms. The fourth-order valence-electron chi connectivity index (χ4n) is 3.95. The molecule has 12 heteroatoms. The Hall–Kier alpha value is -2.70. The van der Waals surface area contributed by atoms with Crippen molar-refractivity contribution in [3.63, 3.8) is 0 Å². The highest BCUT2D eigenvalue weighted by atomic mass is 32.2. The Balaban J connectivity index is 1.79. The SMILES string of the molecule is CCN(C(=O)c1[nH]cc(C(=N)SC(=N)Cc2ccc(F)cc2F)c(=O)c1O)C1(N)CCSCC1C. The molecule has 0 radical (unpaired) electrons. The summed E-state index contributed by atoms with van der Waals surface area (Å²) < 4.78 is 26.9. The highest BCUT2D eigenvalue weighted by Crippen LogP contribution is 2.34. The molecule has 6 N–H and O–H groups in total. The number of hydrogen-bond donors (Lipinski definition) is 5. The van der Waals surface area contributed by atoms with Gasteiger partial charge in [0, 0.05) is 31.1 Å². The first-order chi connectivity index (χ1) is 16.5. The lowest BCUT2D eigenvalue weighted by Crippen LogP contribution is -2.64. The van der Waals surface area contributed by atoms with E-state index in [4.69, 9.17) is 16.6 Å². The topological polar surface area (TPSA) is 147 Å². The third-order valence-corrected chi connectivity index (χ3v) is 8.08. The number of thioether (sulfide) groups is 2. The molecular weight excluding hydrogens is 496 g/mol. The van der Waals surface area contributed by atoms with Crippen LogP contribution in [0, 0.1) is 28.4 Å². The van der Waals surface area contributed by atoms with E-state index in [1.807, 2.05) is 6.92 Å². The molecule has 0 saturated carbocycles. The number of aromatic nitrogens is 1. The van der Waals surface area contributed by atoms with Gasteiger partial charge in [-0.05, 0) is 36.5 Å². The molecule has 0 aliphatic carbocycles. The Morgan fingerprint density at radius 3 is 2.74 bits per heavy atom. The second-order valence-electron chi connectivity index (χ2n) is 8.29. The predicted octanol–water partition coefficient (Wildman–Crippen LogP) is 3.53. The van der Waals surface area contributed by atoms with Gasteiger partial charge in [0.25, 0.3) is 5.91 Å². The van der Waals surface area contributed by atoms with Gasteiger partial charge >= 0.3 is 0 Å². The number of amides is 1. The van der Waals surface area contributed by atoms with Crippen molar-refractivity contribution in [3.05, 3.63) is 63.1 Å². The van der Waals surface area contributed by atoms with Gasteiger partial charge < -0.3 is 20.7 Å². The number of aromatic hydroxyl groups is 1. The molecule has 188 valence electrons. The first-order valence-electron chi connectivity index (χ1n) is 10.9. The third-order valence-electron chi connectivity index (χ3n) is 6.04. The van der Waals surface area contributed by atoms with Crippen LogP contribution in [0.3, 0.4) is 0 Å². The minimum absolute atomic E-state index is 0.000165. The van der Waals surface area contributed by atoms with E-state index in [-0.39, 0.29) is 45.8 Å². The molecule has 1 aliphatic rings. The first kappa shape index (κ1) is 26.9. The zero-order valence-corrected chi connectivity index (χ0v) is 20.9. The van der Waals surface area contributed by atoms with E-state index < -0.39 is 34.4 Å². The molecule has 1 saturated heterocycles. The van der Waals surface area contributed by atoms with Crippen molar-refractivity contribution >= 4 is 39.5 Å². The van der Waals surface area contributed by atoms with Crippen LogP contribution in [0.1, 0.15) is 41.9 Å². The van der Waals surface area contributed by atoms with E-state index in [9.17, 15) is 23.5 Å². The average molecular weight is 524 g/mol. The minimum atomic E-state index is -0.945. The van der Waals surface area contributed by atoms with Crippen molar-refractivity contribution in [2.75, 3.05) is 18.1 Å². The number of aromatic amines is 1. The van der Waals surface area contributed by atoms with Crippen LogP contribution < -0.4 is 11.2 Å². The van der Waals surface area contributed by atoms with Gasteiger partial charge in [0.1, 0.15) is 16.7 Å². The maximum atomic E-state index is 13.9. The molecule has 2 atom stereocenters. The summed E-state index contributed by atoms with van der Waals surface area (Å²) in [4.78, 5) is 30.1. The van der Waals surface area contributed by atoms with E-state index >= 15 is 0 Å². The first-order valence-corrected chi connectivity index (χ1v) is 12.9. The highest BCUT2D eigenvalue weighted by Gasteiger charge is 2.43. The van der Waals surface area contributed by atoms with Crippen LogP contribution in [0.15, 0.2) is 29.2 Å². The molecule has 0 spiro atoms. The Bertz CT molecular complexity index is 1220. The molecule has 2 unspecified atom stereocenters. The molecule has 1 aliphatic heterocycles. The fraction of sp³-hybridized carbons (Fsp3) is 0.391. The van der Waals surface area contributed by atoms with Crippen molar-refractivity contribution in [2.45, 2.75) is 32.4 Å². The lowest BCUT2D eigenvalue weighted by molar-refractivity contribution is 0.0319. The molecule has 1 aromatic heterocycles. The lowest BCUT2D eigenvalue weighted by Gasteiger charge is -2.47. The number of rotatable bonds is 6. The Labute approximate surface area is 209 Å². The van der Waals surface area contributed by atoms with Crippen molar-refractivity contribution in [1.82, 2.24) is 9.88 Å². The number of halogens is 2. The summed E-state index contributed by atoms with van der Waals surface area (Å²) in [5, 5.41) is 26.2. The van der Waals surface area contributed by atoms with Gasteiger partial charge in [-0.15, -0.1) is 0 Å². The normalized spacial score (nSPS) is 19.9. The molecule has 1 fully saturated rings. The summed E-state index contributed by atoms with van der Waals surface area (Å²) in [6.07, 6.45) is 1.49. The second kappa shape index (κ2) is 10.9. The molecule has 1 aromatic carbocycles. The van der Waals surface area contributed by atoms with Gasteiger partial charge in [0.15, 0.2) is 11.4 Å². The van der Waals surface area contributed by atoms with Gasteiger partial charge in [-0.3, -0.25) is 20.4 Å². The fourth-order valence-corrected chi connectivity index (χ4v) is 5.97. The minimum Gasteiger partial charge on any atom is -0.503 e. The monoisotopic (exact) mass is 523 g/mol. The molecule has 2 aromatic rings. The smallest absolute Gasteiger partial charge is 0.275 e. The van der Waals surface area contributed by atoms with Crippen LogP contribution >= 0.6 is 23.5 Å². The molecule has 0 bridgehead atoms. The number of carbonyl (C=O) groups excluding carboxylic acids is 1. The summed E-state index contributed by atoms with van der Waals surface area (Å²) in [6, 6.07) is 2.98. The van der Waals surface area contributed by atoms with Crippen molar-refractivity contribution in [3.8, 4) is 5.75 Å². The average Bonchev–Trinajstić information content (AvgIpc) is 2.79. The molecular formula is C23H27F2N5O3S2. The van der Waals surface area contributed by atoms with E-state index in [2.05, 4.69) is 4.98 Å². The van der Waals surface area contributed by atoms with Crippen LogP contribution in [0.25, 0.3) is 0 Å². The Morgan fingerprint density at radius 1 is 1.40 bits per heavy atom. The van der Waals surface area contributed by atoms with Crippen LogP contribution in [0.2, 0.25) is 0 Å². The number of nitrogens with two attached hydrogens (primary N) is 1. The zero-order chi connectivity index (χ0) is 25.9. The van der Waals surface area contributed by atoms with Crippen LogP contribution in [-0.4, -0.2) is 54.7 Å². The maximum Gasteiger partial charge on any atom is 0.275 e. The van der Waals surface area contributed by atoms with Crippen molar-refractivity contribution < 1.29 is 18.7 Å². The lowest BCUT2D eigenvalue weighted by atomic mass is 9.90. The standard InChI is InChI=1S/C23H27F2N5O3S2/c1-3-30(23(28)6-7-34-11-12(23)2)22(33)18-20(32)19(31)15(10-29-18)21(27)35-17(26)8-13-4-5-14(24)9-16(13)25/h4-5,9-10,12,26-27,32H,3,6-8,11,28H2,1-2H3,(H,29,31). The summed E-state index contributed by atoms with van der Waals surface area (Å²) in [6.45, 7) is 4.00. The third kappa shape index (κ3) is 5.60. The Morgan fingerprint density at radius 2 is 2.11 bits per heavy atom. The quantitative estimate of drug-likeness (QED) is 0.222. The second-order valence-corrected chi connectivity index (χ2v) is 10.5. The van der Waals surface area contributed by atoms with E-state index in [1.165, 1.54) is 11.0 Å². The highest BCUT2D eigenvalue weighted by molar-refractivity contribution is 8.26. The van der Waals surface area contributed by atoms with Crippen LogP contribution in [0.5, 0.6) is 5.75 Å². The van der Waals surface area contributed by atoms with Gasteiger partial charge in [-0.1, -0.05) is 24.8 Å². The summed E-state index contributed by atoms with van der Waals surface area (Å²) in [5.41, 5.74) is 4.24. The van der Waals surface area contributed by atoms with E-state index in [1.54, 1.807) is 18.7 Å². The van der Waals surface area contributed by atoms with Crippen molar-refractivity contribution in [1.29, 1.82) is 10.8 Å². The van der Waals surface area contributed by atoms with E-state index in [0.29, 0.717) is 24.2 Å². The summed E-state index contributed by atoms with van der Waals surface area (Å²) in [5.74, 6) is -1.45. The number of H-pyrrole nitrogens is 1. The van der Waals surface area contributed by atoms with Crippen LogP contribution in [-0.2, 0) is 6.42 Å². The van der Waals surface area contributed by atoms with E-state index in [0.717, 1.165) is 23.8 Å². The molecule has 3 rings (SSSR count). The maximum absolute atomic E-state index is 13.9. The molecule has 2 heterocycles. The number of benzene rings is 1. The summed E-state index contributed by atoms with van der Waals surface area (Å²) >= 11 is 2.34. The molecule has 1 amide bonds. The van der Waals surface area contributed by atoms with Gasteiger partial charge in [0.05, 0.1) is 16.3 Å². The van der Waals surface area contributed by atoms with Gasteiger partial charge in [-0.25, -0.2) is 8.78 Å². The number of carbonyl (C=O) groups is 1.